The lowest BCUT2D eigenvalue weighted by Crippen LogP contribution is -2.52. The van der Waals surface area contributed by atoms with Gasteiger partial charge in [-0.1, -0.05) is 48.8 Å². The van der Waals surface area contributed by atoms with Crippen LogP contribution >= 0.6 is 120 Å². The summed E-state index contributed by atoms with van der Waals surface area (Å²) < 4.78 is 57.9. The van der Waals surface area contributed by atoms with Crippen LogP contribution in [0.2, 0.25) is 6.04 Å². The first-order valence-electron chi connectivity index (χ1n) is 20.3. The number of hydrogen-bond donors (Lipinski definition) is 4. The van der Waals surface area contributed by atoms with Crippen LogP contribution in [0.25, 0.3) is 0 Å². The van der Waals surface area contributed by atoms with Crippen molar-refractivity contribution < 1.29 is 39.8 Å². The summed E-state index contributed by atoms with van der Waals surface area (Å²) in [5.74, 6) is 0.918. The summed E-state index contributed by atoms with van der Waals surface area (Å²) in [7, 11) is -5.70. The van der Waals surface area contributed by atoms with Gasteiger partial charge in [0.25, 0.3) is 0 Å². The van der Waals surface area contributed by atoms with E-state index in [1.165, 1.54) is 29.1 Å². The second kappa shape index (κ2) is 29.3. The Bertz CT molecular complexity index is 1050. The Morgan fingerprint density at radius 1 is 0.561 bits per heavy atom. The summed E-state index contributed by atoms with van der Waals surface area (Å²) in [5.41, 5.74) is 0. The molecule has 0 heterocycles. The third-order valence-electron chi connectivity index (χ3n) is 9.15. The van der Waals surface area contributed by atoms with E-state index in [4.69, 9.17) is 86.5 Å². The standard InChI is InChI=1S/C33H78O9S12Si3/c1-13-34-55(35-14-2,36-15-3)29-25-28-53(47-33(12)26-23-22-24-27-33,50-51-54(46,49-44)31-57(40-19-7,41-20-8)42-21-9)32(10,11)52(45,48-43)30-56(37-16-4,38-17-5)39-18-6/h43-46H,13-31H2,1-12H3. The van der Waals surface area contributed by atoms with Gasteiger partial charge in [0.15, 0.2) is 0 Å². The highest BCUT2D eigenvalue weighted by Crippen LogP contribution is 2.97. The zero-order valence-electron chi connectivity index (χ0n) is 36.7. The minimum absolute atomic E-state index is 0.0690. The molecule has 348 valence electrons. The van der Waals surface area contributed by atoms with Crippen LogP contribution in [-0.4, -0.2) is 111 Å². The van der Waals surface area contributed by atoms with Gasteiger partial charge in [0.05, 0.1) is 14.8 Å². The van der Waals surface area contributed by atoms with E-state index in [-0.39, 0.29) is 8.83 Å². The van der Waals surface area contributed by atoms with Crippen molar-refractivity contribution >= 4 is 146 Å². The Morgan fingerprint density at radius 3 is 1.32 bits per heavy atom. The van der Waals surface area contributed by atoms with Crippen LogP contribution in [-0.2, 0) is 39.8 Å². The van der Waals surface area contributed by atoms with E-state index in [1.807, 2.05) is 82.0 Å². The molecule has 0 bridgehead atoms. The first kappa shape index (κ1) is 59.5. The predicted octanol–water partition coefficient (Wildman–Crippen LogP) is 14.0. The topological polar surface area (TPSA) is 83.1 Å². The van der Waals surface area contributed by atoms with Crippen LogP contribution in [0.15, 0.2) is 0 Å². The van der Waals surface area contributed by atoms with Crippen LogP contribution in [0.4, 0.5) is 0 Å². The maximum absolute atomic E-state index is 6.55. The van der Waals surface area contributed by atoms with Crippen molar-refractivity contribution in [3.63, 3.8) is 0 Å². The third-order valence-corrected chi connectivity index (χ3v) is 68.7. The van der Waals surface area contributed by atoms with Crippen LogP contribution < -0.4 is 0 Å². The number of hydrogen-bond acceptors (Lipinski definition) is 18. The molecule has 0 amide bonds. The monoisotopic (exact) mass is 1090 g/mol. The molecule has 1 saturated carbocycles. The summed E-state index contributed by atoms with van der Waals surface area (Å²) in [4.78, 5) is 0. The molecule has 0 aliphatic heterocycles. The molecule has 1 aliphatic rings. The van der Waals surface area contributed by atoms with Crippen LogP contribution in [0, 0.1) is 0 Å². The predicted molar refractivity (Wildman–Crippen MR) is 288 cm³/mol. The van der Waals surface area contributed by atoms with Gasteiger partial charge in [-0.15, -0.1) is 51.2 Å². The number of thiol groups is 4. The van der Waals surface area contributed by atoms with Crippen LogP contribution in [0.1, 0.15) is 122 Å². The van der Waals surface area contributed by atoms with Crippen molar-refractivity contribution in [2.24, 2.45) is 0 Å². The highest BCUT2D eigenvalue weighted by molar-refractivity contribution is 9.66. The molecule has 3 atom stereocenters. The Hall–Kier alpha value is 4.49. The molecule has 3 unspecified atom stereocenters. The lowest BCUT2D eigenvalue weighted by molar-refractivity contribution is 0.0710. The second-order valence-electron chi connectivity index (χ2n) is 13.7. The van der Waals surface area contributed by atoms with Gasteiger partial charge in [0.1, 0.15) is 0 Å². The Balaban J connectivity index is 4.17. The molecular formula is C33H78O9S12Si3. The quantitative estimate of drug-likeness (QED) is 0.0276. The van der Waals surface area contributed by atoms with Crippen LogP contribution in [0.3, 0.4) is 0 Å². The normalized spacial score (nSPS) is 20.6. The molecule has 9 nitrogen and oxygen atoms in total. The Morgan fingerprint density at radius 2 is 0.947 bits per heavy atom. The summed E-state index contributed by atoms with van der Waals surface area (Å²) >= 11 is 21.4. The zero-order valence-corrected chi connectivity index (χ0v) is 49.8. The van der Waals surface area contributed by atoms with Gasteiger partial charge in [-0.05, 0) is 147 Å². The van der Waals surface area contributed by atoms with Gasteiger partial charge in [-0.3, -0.25) is 0 Å². The maximum Gasteiger partial charge on any atom is 0.512 e. The average molecular weight is 1090 g/mol. The van der Waals surface area contributed by atoms with Gasteiger partial charge in [-0.2, -0.15) is 0 Å². The molecule has 1 fully saturated rings. The first-order chi connectivity index (χ1) is 26.9. The van der Waals surface area contributed by atoms with Crippen molar-refractivity contribution in [2.45, 2.75) is 136 Å². The SMILES string of the molecule is CCO[Si](CCCS(SSS(S)(C[Si](OCC)(OCC)OCC)SS)(SC1(C)CCCCC1)C(C)(C)S(S)(C[Si](OCC)(OCC)OCC)SS)(OCC)OCC. The summed E-state index contributed by atoms with van der Waals surface area (Å²) in [6.45, 7) is 30.1. The minimum Gasteiger partial charge on any atom is -0.374 e. The van der Waals surface area contributed by atoms with Gasteiger partial charge >= 0.3 is 26.4 Å². The van der Waals surface area contributed by atoms with Crippen molar-refractivity contribution in [1.82, 2.24) is 0 Å². The van der Waals surface area contributed by atoms with E-state index in [1.54, 1.807) is 9.83 Å². The molecule has 1 rings (SSSR count). The molecular weight excluding hydrogens is 1010 g/mol. The molecule has 0 aromatic rings. The maximum atomic E-state index is 6.55. The van der Waals surface area contributed by atoms with Gasteiger partial charge in [-0.25, -0.2) is 0 Å². The summed E-state index contributed by atoms with van der Waals surface area (Å²) in [6, 6.07) is 0.726. The van der Waals surface area contributed by atoms with E-state index in [0.29, 0.717) is 70.2 Å². The molecule has 57 heavy (non-hydrogen) atoms. The molecule has 24 heteroatoms. The van der Waals surface area contributed by atoms with Gasteiger partial charge in [0, 0.05) is 70.3 Å². The highest BCUT2D eigenvalue weighted by atomic mass is 34.1. The summed E-state index contributed by atoms with van der Waals surface area (Å²) in [6.07, 6.45) is 6.91. The van der Waals surface area contributed by atoms with E-state index in [9.17, 15) is 0 Å². The minimum atomic E-state index is -3.18. The first-order valence-corrected chi connectivity index (χ1v) is 42.9. The van der Waals surface area contributed by atoms with E-state index >= 15 is 0 Å². The van der Waals surface area contributed by atoms with Crippen molar-refractivity contribution in [3.8, 4) is 0 Å². The fourth-order valence-electron chi connectivity index (χ4n) is 6.63. The Labute approximate surface area is 394 Å². The molecule has 0 spiro atoms. The summed E-state index contributed by atoms with van der Waals surface area (Å²) in [5, 5.41) is 1.13. The molecule has 0 radical (unpaired) electrons. The van der Waals surface area contributed by atoms with Crippen LogP contribution in [0.5, 0.6) is 0 Å². The van der Waals surface area contributed by atoms with Gasteiger partial charge < -0.3 is 39.8 Å². The molecule has 0 aromatic carbocycles. The highest BCUT2D eigenvalue weighted by Gasteiger charge is 2.60. The van der Waals surface area contributed by atoms with Crippen molar-refractivity contribution in [2.75, 3.05) is 76.0 Å². The fourth-order valence-corrected chi connectivity index (χ4v) is 72.9. The van der Waals surface area contributed by atoms with E-state index in [0.717, 1.165) is 31.1 Å². The Kier molecular flexibility index (Phi) is 30.6. The second-order valence-corrected chi connectivity index (χ2v) is 54.4. The fraction of sp³-hybridized carbons (Fsp3) is 1.00. The van der Waals surface area contributed by atoms with E-state index < -0.39 is 49.7 Å². The lowest BCUT2D eigenvalue weighted by atomic mass is 9.90. The molecule has 0 aromatic heterocycles. The smallest absolute Gasteiger partial charge is 0.374 e. The third kappa shape index (κ3) is 17.9. The molecule has 1 aliphatic carbocycles. The largest absolute Gasteiger partial charge is 0.512 e. The van der Waals surface area contributed by atoms with Crippen molar-refractivity contribution in [3.05, 3.63) is 0 Å². The van der Waals surface area contributed by atoms with E-state index in [2.05, 4.69) is 31.6 Å². The molecule has 0 N–H and O–H groups in total. The molecule has 0 saturated heterocycles. The average Bonchev–Trinajstić information content (AvgIpc) is 3.15. The zero-order chi connectivity index (χ0) is 43.3. The lowest BCUT2D eigenvalue weighted by Gasteiger charge is -2.62. The number of rotatable bonds is 35. The van der Waals surface area contributed by atoms with Crippen molar-refractivity contribution in [1.29, 1.82) is 0 Å². The van der Waals surface area contributed by atoms with Gasteiger partial charge in [0.2, 0.25) is 0 Å².